The summed E-state index contributed by atoms with van der Waals surface area (Å²) in [7, 11) is 0. The van der Waals surface area contributed by atoms with Crippen molar-refractivity contribution in [1.82, 2.24) is 24.4 Å². The minimum absolute atomic E-state index is 0.841. The van der Waals surface area contributed by atoms with Crippen LogP contribution >= 0.6 is 11.3 Å². The van der Waals surface area contributed by atoms with E-state index in [1.165, 1.54) is 29.7 Å². The van der Waals surface area contributed by atoms with Crippen molar-refractivity contribution >= 4 is 21.6 Å². The number of aromatic nitrogens is 4. The first kappa shape index (κ1) is 14.8. The fourth-order valence-electron chi connectivity index (χ4n) is 3.23. The first-order chi connectivity index (χ1) is 11.2. The number of imidazole rings is 1. The van der Waals surface area contributed by atoms with Crippen molar-refractivity contribution in [3.63, 3.8) is 0 Å². The van der Waals surface area contributed by atoms with Gasteiger partial charge in [-0.15, -0.1) is 11.3 Å². The Labute approximate surface area is 140 Å². The molecule has 0 saturated carbocycles. The highest BCUT2D eigenvalue weighted by molar-refractivity contribution is 7.18. The van der Waals surface area contributed by atoms with E-state index in [2.05, 4.69) is 23.7 Å². The predicted octanol–water partition coefficient (Wildman–Crippen LogP) is 3.48. The van der Waals surface area contributed by atoms with E-state index >= 15 is 0 Å². The number of hydrogen-bond donors (Lipinski definition) is 0. The van der Waals surface area contributed by atoms with Gasteiger partial charge in [-0.2, -0.15) is 0 Å². The Morgan fingerprint density at radius 1 is 1.13 bits per heavy atom. The summed E-state index contributed by atoms with van der Waals surface area (Å²) in [5.74, 6) is 1.88. The van der Waals surface area contributed by atoms with Crippen LogP contribution in [0.3, 0.4) is 0 Å². The second-order valence-electron chi connectivity index (χ2n) is 6.23. The zero-order valence-corrected chi connectivity index (χ0v) is 14.4. The molecule has 0 spiro atoms. The third-order valence-electron chi connectivity index (χ3n) is 4.62. The Kier molecular flexibility index (Phi) is 3.87. The fourth-order valence-corrected chi connectivity index (χ4v) is 4.27. The van der Waals surface area contributed by atoms with Crippen LogP contribution in [-0.4, -0.2) is 37.5 Å². The topological polar surface area (TPSA) is 46.8 Å². The maximum Gasteiger partial charge on any atom is 0.150 e. The second kappa shape index (κ2) is 6.02. The van der Waals surface area contributed by atoms with E-state index in [0.29, 0.717) is 0 Å². The molecule has 0 unspecified atom stereocenters. The lowest BCUT2D eigenvalue weighted by atomic mass is 10.1. The third-order valence-corrected chi connectivity index (χ3v) is 5.72. The molecule has 1 aliphatic rings. The summed E-state index contributed by atoms with van der Waals surface area (Å²) in [4.78, 5) is 18.8. The summed E-state index contributed by atoms with van der Waals surface area (Å²) in [5.41, 5.74) is 1.28. The van der Waals surface area contributed by atoms with Crippen LogP contribution in [0.2, 0.25) is 0 Å². The van der Waals surface area contributed by atoms with E-state index in [1.807, 2.05) is 17.1 Å². The van der Waals surface area contributed by atoms with Gasteiger partial charge < -0.3 is 0 Å². The molecule has 4 rings (SSSR count). The molecule has 1 saturated heterocycles. The lowest BCUT2D eigenvalue weighted by molar-refractivity contribution is 0.216. The van der Waals surface area contributed by atoms with Crippen LogP contribution in [0, 0.1) is 13.8 Å². The monoisotopic (exact) mass is 327 g/mol. The molecular formula is C17H21N5S. The van der Waals surface area contributed by atoms with Gasteiger partial charge in [0.2, 0.25) is 0 Å². The summed E-state index contributed by atoms with van der Waals surface area (Å²) in [6.07, 6.45) is 9.49. The summed E-state index contributed by atoms with van der Waals surface area (Å²) in [6, 6.07) is 0. The fraction of sp³-hybridized carbons (Fsp3) is 0.471. The molecule has 0 atom stereocenters. The molecule has 6 heteroatoms. The molecule has 0 aromatic carbocycles. The number of nitrogens with zero attached hydrogens (tertiary/aromatic N) is 5. The molecule has 23 heavy (non-hydrogen) atoms. The summed E-state index contributed by atoms with van der Waals surface area (Å²) in [6.45, 7) is 7.47. The van der Waals surface area contributed by atoms with Gasteiger partial charge in [-0.1, -0.05) is 6.42 Å². The summed E-state index contributed by atoms with van der Waals surface area (Å²) < 4.78 is 2.00. The summed E-state index contributed by atoms with van der Waals surface area (Å²) in [5, 5.41) is 1.16. The highest BCUT2D eigenvalue weighted by Crippen LogP contribution is 2.32. The van der Waals surface area contributed by atoms with Gasteiger partial charge in [0, 0.05) is 17.3 Å². The number of hydrogen-bond acceptors (Lipinski definition) is 5. The van der Waals surface area contributed by atoms with Crippen LogP contribution in [0.25, 0.3) is 16.0 Å². The van der Waals surface area contributed by atoms with Gasteiger partial charge in [-0.25, -0.2) is 15.0 Å². The van der Waals surface area contributed by atoms with Crippen molar-refractivity contribution in [2.24, 2.45) is 0 Å². The van der Waals surface area contributed by atoms with E-state index in [-0.39, 0.29) is 0 Å². The maximum atomic E-state index is 4.89. The highest BCUT2D eigenvalue weighted by atomic mass is 32.1. The first-order valence-electron chi connectivity index (χ1n) is 8.19. The number of thiophene rings is 1. The minimum Gasteiger partial charge on any atom is -0.296 e. The average molecular weight is 327 g/mol. The van der Waals surface area contributed by atoms with Crippen molar-refractivity contribution in [2.45, 2.75) is 39.7 Å². The Hall–Kier alpha value is -1.79. The first-order valence-corrected chi connectivity index (χ1v) is 9.01. The molecule has 0 radical (unpaired) electrons. The molecule has 1 fully saturated rings. The van der Waals surface area contributed by atoms with E-state index in [9.17, 15) is 0 Å². The number of likely N-dealkylation sites (tertiary alicyclic amines) is 1. The molecular weight excluding hydrogens is 306 g/mol. The Morgan fingerprint density at radius 2 is 1.96 bits per heavy atom. The Bertz CT molecular complexity index is 815. The molecule has 0 aliphatic carbocycles. The lowest BCUT2D eigenvalue weighted by Gasteiger charge is -2.25. The Balaban J connectivity index is 1.80. The number of piperidine rings is 1. The number of fused-ring (bicyclic) bond motifs is 1. The lowest BCUT2D eigenvalue weighted by Crippen LogP contribution is -2.30. The van der Waals surface area contributed by atoms with Gasteiger partial charge in [0.1, 0.15) is 17.0 Å². The van der Waals surface area contributed by atoms with Gasteiger partial charge in [0.05, 0.1) is 11.9 Å². The summed E-state index contributed by atoms with van der Waals surface area (Å²) >= 11 is 1.76. The van der Waals surface area contributed by atoms with Gasteiger partial charge in [-0.05, 0) is 45.3 Å². The van der Waals surface area contributed by atoms with E-state index < -0.39 is 0 Å². The van der Waals surface area contributed by atoms with Crippen LogP contribution in [0.1, 0.15) is 35.5 Å². The quantitative estimate of drug-likeness (QED) is 0.739. The molecule has 3 aromatic rings. The molecule has 1 aliphatic heterocycles. The molecule has 4 heterocycles. The largest absolute Gasteiger partial charge is 0.296 e. The molecule has 0 amide bonds. The maximum absolute atomic E-state index is 4.89. The van der Waals surface area contributed by atoms with Crippen LogP contribution < -0.4 is 0 Å². The predicted molar refractivity (Wildman–Crippen MR) is 93.1 cm³/mol. The molecule has 0 bridgehead atoms. The van der Waals surface area contributed by atoms with Crippen molar-refractivity contribution in [1.29, 1.82) is 0 Å². The van der Waals surface area contributed by atoms with Gasteiger partial charge in [-0.3, -0.25) is 9.47 Å². The highest BCUT2D eigenvalue weighted by Gasteiger charge is 2.18. The zero-order chi connectivity index (χ0) is 15.8. The Morgan fingerprint density at radius 3 is 2.70 bits per heavy atom. The smallest absolute Gasteiger partial charge is 0.150 e. The van der Waals surface area contributed by atoms with Gasteiger partial charge in [0.15, 0.2) is 5.82 Å². The van der Waals surface area contributed by atoms with Crippen LogP contribution in [0.4, 0.5) is 0 Å². The van der Waals surface area contributed by atoms with Crippen LogP contribution in [-0.2, 0) is 6.54 Å². The molecule has 120 valence electrons. The molecule has 3 aromatic heterocycles. The number of aryl methyl sites for hydroxylation is 2. The van der Waals surface area contributed by atoms with Gasteiger partial charge >= 0.3 is 0 Å². The average Bonchev–Trinajstić information content (AvgIpc) is 3.17. The van der Waals surface area contributed by atoms with Gasteiger partial charge in [0.25, 0.3) is 0 Å². The van der Waals surface area contributed by atoms with Crippen molar-refractivity contribution in [3.05, 3.63) is 35.0 Å². The van der Waals surface area contributed by atoms with E-state index in [4.69, 9.17) is 9.97 Å². The molecule has 0 N–H and O–H groups in total. The number of rotatable bonds is 3. The van der Waals surface area contributed by atoms with E-state index in [1.54, 1.807) is 17.5 Å². The van der Waals surface area contributed by atoms with Crippen LogP contribution in [0.15, 0.2) is 18.7 Å². The SMILES string of the molecule is Cc1sc2nc(CN3CCCCC3)nc(-n3ccnc3)c2c1C. The normalized spacial score (nSPS) is 16.3. The second-order valence-corrected chi connectivity index (χ2v) is 7.44. The zero-order valence-electron chi connectivity index (χ0n) is 13.6. The van der Waals surface area contributed by atoms with Crippen molar-refractivity contribution < 1.29 is 0 Å². The van der Waals surface area contributed by atoms with E-state index in [0.717, 1.165) is 41.5 Å². The standard InChI is InChI=1S/C17H21N5S/c1-12-13(2)23-17-15(12)16(22-9-6-18-11-22)19-14(20-17)10-21-7-4-3-5-8-21/h6,9,11H,3-5,7-8,10H2,1-2H3. The minimum atomic E-state index is 0.841. The van der Waals surface area contributed by atoms with Crippen LogP contribution in [0.5, 0.6) is 0 Å². The third kappa shape index (κ3) is 2.77. The molecule has 5 nitrogen and oxygen atoms in total. The van der Waals surface area contributed by atoms with Crippen molar-refractivity contribution in [2.75, 3.05) is 13.1 Å². The van der Waals surface area contributed by atoms with Crippen molar-refractivity contribution in [3.8, 4) is 5.82 Å².